The van der Waals surface area contributed by atoms with Gasteiger partial charge >= 0.3 is 5.97 Å². The van der Waals surface area contributed by atoms with E-state index in [1.54, 1.807) is 0 Å². The van der Waals surface area contributed by atoms with E-state index in [1.807, 2.05) is 6.92 Å². The van der Waals surface area contributed by atoms with Gasteiger partial charge in [0.2, 0.25) is 0 Å². The highest BCUT2D eigenvalue weighted by atomic mass is 16.5. The van der Waals surface area contributed by atoms with Gasteiger partial charge in [0.05, 0.1) is 24.5 Å². The van der Waals surface area contributed by atoms with Gasteiger partial charge in [-0.15, -0.1) is 0 Å². The number of carboxylic acids is 1. The average molecular weight is 223 g/mol. The van der Waals surface area contributed by atoms with Crippen LogP contribution >= 0.6 is 0 Å². The minimum Gasteiger partial charge on any atom is -0.476 e. The number of rotatable bonds is 3. The Kier molecular flexibility index (Phi) is 3.00. The lowest BCUT2D eigenvalue weighted by Gasteiger charge is -2.16. The quantitative estimate of drug-likeness (QED) is 0.787. The number of nitrogens with zero attached hydrogens (tertiary/aromatic N) is 2. The molecule has 0 saturated carbocycles. The highest BCUT2D eigenvalue weighted by molar-refractivity contribution is 5.84. The van der Waals surface area contributed by atoms with Crippen LogP contribution in [-0.2, 0) is 4.74 Å². The van der Waals surface area contributed by atoms with Crippen molar-refractivity contribution < 1.29 is 14.6 Å². The van der Waals surface area contributed by atoms with E-state index >= 15 is 0 Å². The van der Waals surface area contributed by atoms with E-state index in [0.29, 0.717) is 5.82 Å². The Morgan fingerprint density at radius 3 is 2.88 bits per heavy atom. The van der Waals surface area contributed by atoms with Crippen molar-refractivity contribution in [1.82, 2.24) is 9.97 Å². The maximum atomic E-state index is 10.6. The van der Waals surface area contributed by atoms with Crippen LogP contribution in [0.15, 0.2) is 12.4 Å². The van der Waals surface area contributed by atoms with Gasteiger partial charge in [0.25, 0.3) is 0 Å². The van der Waals surface area contributed by atoms with Gasteiger partial charge in [-0.2, -0.15) is 0 Å². The summed E-state index contributed by atoms with van der Waals surface area (Å²) in [5.41, 5.74) is -0.0544. The fourth-order valence-corrected chi connectivity index (χ4v) is 1.62. The highest BCUT2D eigenvalue weighted by Crippen LogP contribution is 2.16. The average Bonchev–Trinajstić information content (AvgIpc) is 2.65. The third-order valence-electron chi connectivity index (χ3n) is 2.58. The normalized spacial score (nSPS) is 24.3. The van der Waals surface area contributed by atoms with Crippen LogP contribution in [0.1, 0.15) is 23.8 Å². The number of carbonyl (C=O) groups is 1. The first-order chi connectivity index (χ1) is 7.66. The minimum absolute atomic E-state index is 0.0544. The Balaban J connectivity index is 2.02. The first kappa shape index (κ1) is 10.8. The molecule has 0 spiro atoms. The molecule has 0 aliphatic carbocycles. The summed E-state index contributed by atoms with van der Waals surface area (Å²) in [4.78, 5) is 18.3. The zero-order valence-corrected chi connectivity index (χ0v) is 8.88. The van der Waals surface area contributed by atoms with E-state index in [9.17, 15) is 4.79 Å². The van der Waals surface area contributed by atoms with E-state index in [4.69, 9.17) is 9.84 Å². The standard InChI is InChI=1S/C10H13N3O3/c1-6-7(2-3-16-6)13-9-5-11-8(4-12-9)10(14)15/h4-7H,2-3H2,1H3,(H,12,13)(H,14,15)/t6-,7-/m1/s1. The lowest BCUT2D eigenvalue weighted by atomic mass is 10.1. The largest absolute Gasteiger partial charge is 0.476 e. The lowest BCUT2D eigenvalue weighted by Crippen LogP contribution is -2.27. The van der Waals surface area contributed by atoms with Crippen molar-refractivity contribution in [3.63, 3.8) is 0 Å². The predicted molar refractivity (Wildman–Crippen MR) is 56.4 cm³/mol. The number of anilines is 1. The van der Waals surface area contributed by atoms with Crippen LogP contribution in [0.4, 0.5) is 5.82 Å². The molecule has 0 aromatic carbocycles. The summed E-state index contributed by atoms with van der Waals surface area (Å²) in [6.45, 7) is 2.73. The smallest absolute Gasteiger partial charge is 0.356 e. The second-order valence-corrected chi connectivity index (χ2v) is 3.71. The van der Waals surface area contributed by atoms with Gasteiger partial charge in [-0.3, -0.25) is 0 Å². The number of aromatic nitrogens is 2. The van der Waals surface area contributed by atoms with Crippen LogP contribution < -0.4 is 5.32 Å². The zero-order valence-electron chi connectivity index (χ0n) is 8.88. The van der Waals surface area contributed by atoms with Crippen LogP contribution in [0.2, 0.25) is 0 Å². The van der Waals surface area contributed by atoms with Gasteiger partial charge in [-0.05, 0) is 13.3 Å². The SMILES string of the molecule is C[C@H]1OCC[C@H]1Nc1cnc(C(=O)O)cn1. The van der Waals surface area contributed by atoms with Gasteiger partial charge in [0.1, 0.15) is 5.82 Å². The van der Waals surface area contributed by atoms with Gasteiger partial charge in [-0.1, -0.05) is 0 Å². The Labute approximate surface area is 92.7 Å². The van der Waals surface area contributed by atoms with Gasteiger partial charge in [-0.25, -0.2) is 14.8 Å². The van der Waals surface area contributed by atoms with Crippen LogP contribution in [-0.4, -0.2) is 39.8 Å². The van der Waals surface area contributed by atoms with Crippen LogP contribution in [0.25, 0.3) is 0 Å². The molecule has 0 radical (unpaired) electrons. The second kappa shape index (κ2) is 4.44. The molecule has 2 N–H and O–H groups in total. The minimum atomic E-state index is -1.07. The molecule has 0 bridgehead atoms. The molecule has 2 rings (SSSR count). The van der Waals surface area contributed by atoms with Gasteiger partial charge in [0.15, 0.2) is 5.69 Å². The number of hydrogen-bond acceptors (Lipinski definition) is 5. The van der Waals surface area contributed by atoms with E-state index in [1.165, 1.54) is 12.4 Å². The van der Waals surface area contributed by atoms with Gasteiger partial charge < -0.3 is 15.2 Å². The number of nitrogens with one attached hydrogen (secondary N) is 1. The first-order valence-corrected chi connectivity index (χ1v) is 5.10. The zero-order chi connectivity index (χ0) is 11.5. The van der Waals surface area contributed by atoms with Crippen LogP contribution in [0.3, 0.4) is 0 Å². The van der Waals surface area contributed by atoms with Crippen LogP contribution in [0, 0.1) is 0 Å². The monoisotopic (exact) mass is 223 g/mol. The van der Waals surface area contributed by atoms with Gasteiger partial charge in [0, 0.05) is 6.61 Å². The Morgan fingerprint density at radius 1 is 1.56 bits per heavy atom. The molecule has 1 aromatic heterocycles. The van der Waals surface area contributed by atoms with Crippen molar-refractivity contribution in [3.05, 3.63) is 18.1 Å². The summed E-state index contributed by atoms with van der Waals surface area (Å²) < 4.78 is 5.39. The molecule has 1 fully saturated rings. The summed E-state index contributed by atoms with van der Waals surface area (Å²) in [5.74, 6) is -0.496. The van der Waals surface area contributed by atoms with Crippen molar-refractivity contribution in [1.29, 1.82) is 0 Å². The topological polar surface area (TPSA) is 84.3 Å². The number of hydrogen-bond donors (Lipinski definition) is 2. The summed E-state index contributed by atoms with van der Waals surface area (Å²) in [6, 6.07) is 0.213. The number of carboxylic acid groups (broad SMARTS) is 1. The molecule has 86 valence electrons. The lowest BCUT2D eigenvalue weighted by molar-refractivity contribution is 0.0690. The Bertz CT molecular complexity index is 379. The van der Waals surface area contributed by atoms with Crippen molar-refractivity contribution in [2.45, 2.75) is 25.5 Å². The maximum Gasteiger partial charge on any atom is 0.356 e. The van der Waals surface area contributed by atoms with E-state index in [-0.39, 0.29) is 17.8 Å². The highest BCUT2D eigenvalue weighted by Gasteiger charge is 2.24. The molecule has 0 unspecified atom stereocenters. The molecule has 1 aromatic rings. The van der Waals surface area contributed by atoms with Crippen molar-refractivity contribution >= 4 is 11.8 Å². The van der Waals surface area contributed by atoms with E-state index in [2.05, 4.69) is 15.3 Å². The Hall–Kier alpha value is -1.69. The maximum absolute atomic E-state index is 10.6. The molecule has 6 nitrogen and oxygen atoms in total. The molecule has 0 amide bonds. The molecule has 6 heteroatoms. The predicted octanol–water partition coefficient (Wildman–Crippen LogP) is 0.764. The molecule has 1 saturated heterocycles. The number of ether oxygens (including phenoxy) is 1. The van der Waals surface area contributed by atoms with Crippen LogP contribution in [0.5, 0.6) is 0 Å². The first-order valence-electron chi connectivity index (χ1n) is 5.10. The molecule has 2 atom stereocenters. The summed E-state index contributed by atoms with van der Waals surface area (Å²) in [6.07, 6.45) is 3.73. The molecular weight excluding hydrogens is 210 g/mol. The summed E-state index contributed by atoms with van der Waals surface area (Å²) >= 11 is 0. The molecular formula is C10H13N3O3. The van der Waals surface area contributed by atoms with Crippen molar-refractivity contribution in [2.24, 2.45) is 0 Å². The van der Waals surface area contributed by atoms with E-state index in [0.717, 1.165) is 13.0 Å². The fraction of sp³-hybridized carbons (Fsp3) is 0.500. The van der Waals surface area contributed by atoms with E-state index < -0.39 is 5.97 Å². The Morgan fingerprint density at radius 2 is 2.38 bits per heavy atom. The molecule has 16 heavy (non-hydrogen) atoms. The molecule has 1 aliphatic heterocycles. The third-order valence-corrected chi connectivity index (χ3v) is 2.58. The summed E-state index contributed by atoms with van der Waals surface area (Å²) in [5, 5.41) is 11.8. The van der Waals surface area contributed by atoms with Crippen molar-refractivity contribution in [3.8, 4) is 0 Å². The molecule has 2 heterocycles. The number of aromatic carboxylic acids is 1. The second-order valence-electron chi connectivity index (χ2n) is 3.71. The summed E-state index contributed by atoms with van der Waals surface area (Å²) in [7, 11) is 0. The molecule has 1 aliphatic rings. The third kappa shape index (κ3) is 2.27. The van der Waals surface area contributed by atoms with Crippen molar-refractivity contribution in [2.75, 3.05) is 11.9 Å². The fourth-order valence-electron chi connectivity index (χ4n) is 1.62.